The normalized spacial score (nSPS) is 13.8. The lowest BCUT2D eigenvalue weighted by atomic mass is 9.97. The van der Waals surface area contributed by atoms with Gasteiger partial charge in [-0.15, -0.1) is 0 Å². The molecule has 0 saturated carbocycles. The molecule has 3 nitrogen and oxygen atoms in total. The van der Waals surface area contributed by atoms with E-state index in [9.17, 15) is 0 Å². The van der Waals surface area contributed by atoms with Gasteiger partial charge in [-0.1, -0.05) is 0 Å². The number of hydrogen-bond donors (Lipinski definition) is 0. The fourth-order valence-electron chi connectivity index (χ4n) is 2.98. The zero-order valence-corrected chi connectivity index (χ0v) is 11.9. The molecule has 0 fully saturated rings. The summed E-state index contributed by atoms with van der Waals surface area (Å²) in [7, 11) is 5.51. The third kappa shape index (κ3) is 1.72. The molecule has 0 N–H and O–H groups in total. The first-order chi connectivity index (χ1) is 9.15. The molecule has 0 saturated heterocycles. The highest BCUT2D eigenvalue weighted by Gasteiger charge is 2.20. The Morgan fingerprint density at radius 2 is 1.74 bits per heavy atom. The smallest absolute Gasteiger partial charge is 0.161 e. The van der Waals surface area contributed by atoms with E-state index in [0.29, 0.717) is 0 Å². The molecular formula is C16H19NO2. The van der Waals surface area contributed by atoms with Crippen molar-refractivity contribution >= 4 is 16.5 Å². The van der Waals surface area contributed by atoms with Gasteiger partial charge in [0.05, 0.1) is 14.2 Å². The number of nitrogens with zero attached hydrogens (tertiary/aromatic N) is 1. The van der Waals surface area contributed by atoms with Crippen LogP contribution in [0.5, 0.6) is 11.5 Å². The van der Waals surface area contributed by atoms with Crippen LogP contribution in [-0.4, -0.2) is 27.8 Å². The molecule has 0 aliphatic carbocycles. The second-order valence-electron chi connectivity index (χ2n) is 5.10. The van der Waals surface area contributed by atoms with Crippen LogP contribution < -0.4 is 14.4 Å². The van der Waals surface area contributed by atoms with E-state index >= 15 is 0 Å². The second kappa shape index (κ2) is 4.34. The molecule has 1 heterocycles. The maximum Gasteiger partial charge on any atom is 0.161 e. The Morgan fingerprint density at radius 1 is 1.05 bits per heavy atom. The van der Waals surface area contributed by atoms with E-state index in [2.05, 4.69) is 37.1 Å². The van der Waals surface area contributed by atoms with Crippen LogP contribution in [-0.2, 0) is 6.42 Å². The van der Waals surface area contributed by atoms with Gasteiger partial charge in [-0.2, -0.15) is 0 Å². The molecule has 100 valence electrons. The Labute approximate surface area is 113 Å². The molecule has 19 heavy (non-hydrogen) atoms. The second-order valence-corrected chi connectivity index (χ2v) is 5.10. The van der Waals surface area contributed by atoms with Gasteiger partial charge in [-0.25, -0.2) is 0 Å². The molecule has 0 unspecified atom stereocenters. The quantitative estimate of drug-likeness (QED) is 0.825. The van der Waals surface area contributed by atoms with E-state index in [-0.39, 0.29) is 0 Å². The van der Waals surface area contributed by atoms with E-state index < -0.39 is 0 Å². The highest BCUT2D eigenvalue weighted by molar-refractivity contribution is 5.94. The van der Waals surface area contributed by atoms with Crippen LogP contribution in [0, 0.1) is 6.92 Å². The van der Waals surface area contributed by atoms with E-state index in [0.717, 1.165) is 24.5 Å². The molecule has 1 aliphatic heterocycles. The van der Waals surface area contributed by atoms with Crippen LogP contribution in [0.25, 0.3) is 10.8 Å². The van der Waals surface area contributed by atoms with E-state index in [4.69, 9.17) is 9.47 Å². The molecule has 3 heteroatoms. The van der Waals surface area contributed by atoms with Crippen molar-refractivity contribution in [1.82, 2.24) is 0 Å². The van der Waals surface area contributed by atoms with Gasteiger partial charge >= 0.3 is 0 Å². The first-order valence-corrected chi connectivity index (χ1v) is 6.55. The van der Waals surface area contributed by atoms with Crippen LogP contribution in [0.2, 0.25) is 0 Å². The summed E-state index contributed by atoms with van der Waals surface area (Å²) in [6.45, 7) is 3.30. The van der Waals surface area contributed by atoms with Crippen molar-refractivity contribution in [2.75, 3.05) is 32.7 Å². The number of aryl methyl sites for hydroxylation is 1. The van der Waals surface area contributed by atoms with Crippen LogP contribution in [0.1, 0.15) is 11.1 Å². The fourth-order valence-corrected chi connectivity index (χ4v) is 2.98. The van der Waals surface area contributed by atoms with Crippen molar-refractivity contribution in [2.45, 2.75) is 13.3 Å². The van der Waals surface area contributed by atoms with E-state index in [1.54, 1.807) is 14.2 Å². The van der Waals surface area contributed by atoms with Crippen molar-refractivity contribution in [1.29, 1.82) is 0 Å². The average Bonchev–Trinajstić information content (AvgIpc) is 2.79. The first-order valence-electron chi connectivity index (χ1n) is 6.55. The van der Waals surface area contributed by atoms with E-state index in [1.807, 2.05) is 0 Å². The number of ether oxygens (including phenoxy) is 2. The van der Waals surface area contributed by atoms with Crippen LogP contribution in [0.3, 0.4) is 0 Å². The lowest BCUT2D eigenvalue weighted by Gasteiger charge is -2.16. The molecule has 0 bridgehead atoms. The van der Waals surface area contributed by atoms with Gasteiger partial charge in [0.25, 0.3) is 0 Å². The summed E-state index contributed by atoms with van der Waals surface area (Å²) in [6, 6.07) is 6.41. The Hall–Kier alpha value is -1.90. The molecule has 0 atom stereocenters. The predicted octanol–water partition coefficient (Wildman–Crippen LogP) is 3.16. The van der Waals surface area contributed by atoms with Gasteiger partial charge in [0.1, 0.15) is 0 Å². The fraction of sp³-hybridized carbons (Fsp3) is 0.375. The topological polar surface area (TPSA) is 21.7 Å². The van der Waals surface area contributed by atoms with Crippen LogP contribution in [0.4, 0.5) is 5.69 Å². The molecule has 0 aromatic heterocycles. The third-order valence-electron chi connectivity index (χ3n) is 4.12. The number of hydrogen-bond acceptors (Lipinski definition) is 3. The molecule has 0 spiro atoms. The maximum atomic E-state index is 5.40. The van der Waals surface area contributed by atoms with Gasteiger partial charge in [0.2, 0.25) is 0 Å². The molecule has 2 aromatic rings. The van der Waals surface area contributed by atoms with Gasteiger partial charge in [-0.05, 0) is 53.4 Å². The summed E-state index contributed by atoms with van der Waals surface area (Å²) in [5.41, 5.74) is 4.16. The Kier molecular flexibility index (Phi) is 2.77. The standard InChI is InChI=1S/C16H19NO2/c1-10-12-5-6-17(2)14(12)7-11-8-15(18-3)16(19-4)9-13(10)11/h7-9H,5-6H2,1-4H3. The minimum atomic E-state index is 0.787. The largest absolute Gasteiger partial charge is 0.493 e. The summed E-state index contributed by atoms with van der Waals surface area (Å²) in [5.74, 6) is 1.58. The SMILES string of the molecule is COc1cc2cc3c(c(C)c2cc1OC)CCN3C. The summed E-state index contributed by atoms with van der Waals surface area (Å²) in [5, 5.41) is 2.47. The van der Waals surface area contributed by atoms with Gasteiger partial charge in [0.15, 0.2) is 11.5 Å². The van der Waals surface area contributed by atoms with Crippen molar-refractivity contribution in [3.63, 3.8) is 0 Å². The average molecular weight is 257 g/mol. The van der Waals surface area contributed by atoms with Gasteiger partial charge in [-0.3, -0.25) is 0 Å². The van der Waals surface area contributed by atoms with Crippen LogP contribution in [0.15, 0.2) is 18.2 Å². The Bertz CT molecular complexity index is 649. The minimum Gasteiger partial charge on any atom is -0.493 e. The number of benzene rings is 2. The summed E-state index contributed by atoms with van der Waals surface area (Å²) in [6.07, 6.45) is 1.13. The third-order valence-corrected chi connectivity index (χ3v) is 4.12. The summed E-state index contributed by atoms with van der Waals surface area (Å²) in [4.78, 5) is 2.32. The number of anilines is 1. The van der Waals surface area contributed by atoms with Crippen LogP contribution >= 0.6 is 0 Å². The zero-order chi connectivity index (χ0) is 13.6. The van der Waals surface area contributed by atoms with Gasteiger partial charge in [0, 0.05) is 19.3 Å². The molecule has 1 aliphatic rings. The predicted molar refractivity (Wildman–Crippen MR) is 78.8 cm³/mol. The Morgan fingerprint density at radius 3 is 2.42 bits per heavy atom. The molecule has 0 radical (unpaired) electrons. The maximum absolute atomic E-state index is 5.40. The summed E-state index contributed by atoms with van der Waals surface area (Å²) < 4.78 is 10.8. The van der Waals surface area contributed by atoms with Crippen molar-refractivity contribution in [3.05, 3.63) is 29.3 Å². The molecular weight excluding hydrogens is 238 g/mol. The molecule has 3 rings (SSSR count). The summed E-state index contributed by atoms with van der Waals surface area (Å²) >= 11 is 0. The van der Waals surface area contributed by atoms with Gasteiger partial charge < -0.3 is 14.4 Å². The van der Waals surface area contributed by atoms with Crippen molar-refractivity contribution in [3.8, 4) is 11.5 Å². The zero-order valence-electron chi connectivity index (χ0n) is 11.9. The number of rotatable bonds is 2. The Balaban J connectivity index is 2.32. The molecule has 2 aromatic carbocycles. The van der Waals surface area contributed by atoms with Crippen molar-refractivity contribution in [2.24, 2.45) is 0 Å². The highest BCUT2D eigenvalue weighted by atomic mass is 16.5. The number of methoxy groups -OCH3 is 2. The lowest BCUT2D eigenvalue weighted by molar-refractivity contribution is 0.356. The monoisotopic (exact) mass is 257 g/mol. The lowest BCUT2D eigenvalue weighted by Crippen LogP contribution is -2.12. The number of fused-ring (bicyclic) bond motifs is 2. The number of likely N-dealkylation sites (N-methyl/N-ethyl adjacent to an activating group) is 1. The van der Waals surface area contributed by atoms with Crippen molar-refractivity contribution < 1.29 is 9.47 Å². The molecule has 0 amide bonds. The first kappa shape index (κ1) is 12.2. The highest BCUT2D eigenvalue weighted by Crippen LogP contribution is 2.39. The van der Waals surface area contributed by atoms with E-state index in [1.165, 1.54) is 27.6 Å². The minimum absolute atomic E-state index is 0.787.